The first-order chi connectivity index (χ1) is 14.4. The Morgan fingerprint density at radius 1 is 1.27 bits per heavy atom. The number of rotatable bonds is 6. The van der Waals surface area contributed by atoms with Gasteiger partial charge in [0.05, 0.1) is 0 Å². The van der Waals surface area contributed by atoms with Crippen LogP contribution in [0.25, 0.3) is 0 Å². The van der Waals surface area contributed by atoms with Gasteiger partial charge in [0.15, 0.2) is 0 Å². The average Bonchev–Trinajstić information content (AvgIpc) is 3.58. The summed E-state index contributed by atoms with van der Waals surface area (Å²) in [5.74, 6) is 0.492. The van der Waals surface area contributed by atoms with Crippen molar-refractivity contribution in [3.8, 4) is 0 Å². The zero-order valence-corrected chi connectivity index (χ0v) is 18.0. The number of carbonyl (C=O) groups is 2. The predicted molar refractivity (Wildman–Crippen MR) is 116 cm³/mol. The summed E-state index contributed by atoms with van der Waals surface area (Å²) in [7, 11) is 0. The second-order valence-corrected chi connectivity index (χ2v) is 8.85. The fourth-order valence-electron chi connectivity index (χ4n) is 3.65. The molecule has 30 heavy (non-hydrogen) atoms. The molecule has 0 bridgehead atoms. The smallest absolute Gasteiger partial charge is 0.223 e. The number of carbonyl (C=O) groups excluding carboxylic acids is 2. The molecule has 2 heterocycles. The lowest BCUT2D eigenvalue weighted by atomic mass is 9.99. The largest absolute Gasteiger partial charge is 0.352 e. The molecular formula is C23H27ClN4O2. The van der Waals surface area contributed by atoms with E-state index in [-0.39, 0.29) is 23.8 Å². The minimum absolute atomic E-state index is 0.00203. The van der Waals surface area contributed by atoms with E-state index in [0.717, 1.165) is 22.4 Å². The van der Waals surface area contributed by atoms with E-state index in [4.69, 9.17) is 11.6 Å². The number of aromatic nitrogens is 1. The number of amides is 2. The summed E-state index contributed by atoms with van der Waals surface area (Å²) in [4.78, 5) is 28.9. The molecule has 7 heteroatoms. The third-order valence-electron chi connectivity index (χ3n) is 5.63. The van der Waals surface area contributed by atoms with Crippen molar-refractivity contribution in [2.75, 3.05) is 0 Å². The molecule has 1 aliphatic heterocycles. The van der Waals surface area contributed by atoms with E-state index in [2.05, 4.69) is 33.1 Å². The molecule has 0 spiro atoms. The third-order valence-corrected chi connectivity index (χ3v) is 5.98. The van der Waals surface area contributed by atoms with E-state index in [9.17, 15) is 9.59 Å². The second kappa shape index (κ2) is 8.74. The maximum absolute atomic E-state index is 12.4. The van der Waals surface area contributed by atoms with Crippen LogP contribution in [0.4, 0.5) is 0 Å². The molecule has 3 N–H and O–H groups in total. The van der Waals surface area contributed by atoms with Gasteiger partial charge < -0.3 is 10.6 Å². The quantitative estimate of drug-likeness (QED) is 0.657. The van der Waals surface area contributed by atoms with Crippen LogP contribution < -0.4 is 16.0 Å². The molecule has 2 atom stereocenters. The minimum atomic E-state index is -0.410. The Morgan fingerprint density at radius 3 is 2.73 bits per heavy atom. The molecule has 2 aromatic rings. The van der Waals surface area contributed by atoms with E-state index < -0.39 is 6.17 Å². The molecule has 1 aliphatic carbocycles. The van der Waals surface area contributed by atoms with Gasteiger partial charge in [-0.3, -0.25) is 19.9 Å². The molecular weight excluding hydrogens is 400 g/mol. The highest BCUT2D eigenvalue weighted by Gasteiger charge is 2.30. The number of hydrogen-bond acceptors (Lipinski definition) is 4. The topological polar surface area (TPSA) is 83.1 Å². The Labute approximate surface area is 181 Å². The van der Waals surface area contributed by atoms with Crippen LogP contribution in [0.2, 0.25) is 5.02 Å². The third kappa shape index (κ3) is 4.82. The molecule has 2 aliphatic rings. The predicted octanol–water partition coefficient (Wildman–Crippen LogP) is 3.73. The van der Waals surface area contributed by atoms with Crippen molar-refractivity contribution >= 4 is 23.4 Å². The van der Waals surface area contributed by atoms with E-state index in [0.29, 0.717) is 23.9 Å². The summed E-state index contributed by atoms with van der Waals surface area (Å²) >= 11 is 6.46. The lowest BCUT2D eigenvalue weighted by Crippen LogP contribution is -2.46. The van der Waals surface area contributed by atoms with Crippen LogP contribution in [-0.2, 0) is 16.1 Å². The molecule has 2 amide bonds. The van der Waals surface area contributed by atoms with Gasteiger partial charge in [-0.15, -0.1) is 0 Å². The Hall–Kier alpha value is -2.44. The lowest BCUT2D eigenvalue weighted by Gasteiger charge is -2.32. The average molecular weight is 427 g/mol. The number of hydrogen-bond donors (Lipinski definition) is 3. The van der Waals surface area contributed by atoms with E-state index >= 15 is 0 Å². The number of halogens is 1. The summed E-state index contributed by atoms with van der Waals surface area (Å²) in [6.45, 7) is 4.13. The first kappa shape index (κ1) is 20.8. The van der Waals surface area contributed by atoms with E-state index in [1.165, 1.54) is 12.8 Å². The summed E-state index contributed by atoms with van der Waals surface area (Å²) in [6.07, 6.45) is 4.24. The van der Waals surface area contributed by atoms with Crippen molar-refractivity contribution in [3.63, 3.8) is 0 Å². The minimum Gasteiger partial charge on any atom is -0.352 e. The van der Waals surface area contributed by atoms with Crippen LogP contribution in [0.1, 0.15) is 73.6 Å². The number of nitrogens with one attached hydrogen (secondary N) is 3. The molecule has 2 fully saturated rings. The number of benzene rings is 1. The van der Waals surface area contributed by atoms with Gasteiger partial charge in [-0.2, -0.15) is 0 Å². The van der Waals surface area contributed by atoms with Crippen molar-refractivity contribution in [1.29, 1.82) is 0 Å². The van der Waals surface area contributed by atoms with Gasteiger partial charge in [-0.05, 0) is 42.2 Å². The molecule has 6 nitrogen and oxygen atoms in total. The lowest BCUT2D eigenvalue weighted by molar-refractivity contribution is -0.125. The SMILES string of the molecule is CC(C)C(=O)NCc1ccc(Cl)c(C2NC(=O)CC(c3ccc(C4CC4)nc3)N2)c1. The van der Waals surface area contributed by atoms with Gasteiger partial charge in [0.25, 0.3) is 0 Å². The molecule has 1 saturated heterocycles. The zero-order valence-electron chi connectivity index (χ0n) is 17.2. The first-order valence-electron chi connectivity index (χ1n) is 10.5. The van der Waals surface area contributed by atoms with Gasteiger partial charge in [0, 0.05) is 53.3 Å². The number of pyridine rings is 1. The molecule has 4 rings (SSSR count). The Balaban J connectivity index is 1.50. The second-order valence-electron chi connectivity index (χ2n) is 8.44. The molecule has 1 aromatic heterocycles. The summed E-state index contributed by atoms with van der Waals surface area (Å²) in [5, 5.41) is 9.95. The molecule has 0 radical (unpaired) electrons. The van der Waals surface area contributed by atoms with Gasteiger partial charge in [-0.1, -0.05) is 37.6 Å². The Bertz CT molecular complexity index is 941. The first-order valence-corrected chi connectivity index (χ1v) is 10.9. The van der Waals surface area contributed by atoms with Crippen molar-refractivity contribution in [2.24, 2.45) is 5.92 Å². The van der Waals surface area contributed by atoms with Crippen LogP contribution in [-0.4, -0.2) is 16.8 Å². The Kier molecular flexibility index (Phi) is 6.06. The van der Waals surface area contributed by atoms with Gasteiger partial charge in [0.1, 0.15) is 6.17 Å². The molecule has 158 valence electrons. The normalized spacial score (nSPS) is 21.4. The van der Waals surface area contributed by atoms with Gasteiger partial charge in [-0.25, -0.2) is 0 Å². The van der Waals surface area contributed by atoms with Crippen LogP contribution in [0.5, 0.6) is 0 Å². The Morgan fingerprint density at radius 2 is 2.07 bits per heavy atom. The fourth-order valence-corrected chi connectivity index (χ4v) is 3.88. The molecule has 2 unspecified atom stereocenters. The summed E-state index contributed by atoms with van der Waals surface area (Å²) in [5.41, 5.74) is 3.84. The van der Waals surface area contributed by atoms with Crippen molar-refractivity contribution in [1.82, 2.24) is 20.9 Å². The van der Waals surface area contributed by atoms with Crippen molar-refractivity contribution in [2.45, 2.75) is 57.8 Å². The standard InChI is InChI=1S/C23H27ClN4O2/c1-13(2)23(30)26-11-14-3-7-18(24)17(9-14)22-27-20(10-21(29)28-22)16-6-8-19(25-12-16)15-4-5-15/h3,6-9,12-13,15,20,22,27H,4-5,10-11H2,1-2H3,(H,26,30)(H,28,29). The van der Waals surface area contributed by atoms with Crippen LogP contribution >= 0.6 is 11.6 Å². The van der Waals surface area contributed by atoms with Crippen LogP contribution in [0, 0.1) is 5.92 Å². The van der Waals surface area contributed by atoms with Crippen molar-refractivity contribution in [3.05, 3.63) is 63.9 Å². The van der Waals surface area contributed by atoms with E-state index in [1.807, 2.05) is 32.2 Å². The van der Waals surface area contributed by atoms with Gasteiger partial charge in [0.2, 0.25) is 11.8 Å². The summed E-state index contributed by atoms with van der Waals surface area (Å²) < 4.78 is 0. The highest BCUT2D eigenvalue weighted by molar-refractivity contribution is 6.31. The molecule has 1 aromatic carbocycles. The maximum atomic E-state index is 12.4. The highest BCUT2D eigenvalue weighted by atomic mass is 35.5. The highest BCUT2D eigenvalue weighted by Crippen LogP contribution is 2.39. The summed E-state index contributed by atoms with van der Waals surface area (Å²) in [6, 6.07) is 9.61. The maximum Gasteiger partial charge on any atom is 0.223 e. The van der Waals surface area contributed by atoms with Crippen LogP contribution in [0.15, 0.2) is 36.5 Å². The van der Waals surface area contributed by atoms with Crippen molar-refractivity contribution < 1.29 is 9.59 Å². The number of nitrogens with zero attached hydrogens (tertiary/aromatic N) is 1. The fraction of sp³-hybridized carbons (Fsp3) is 0.435. The van der Waals surface area contributed by atoms with E-state index in [1.54, 1.807) is 6.07 Å². The molecule has 1 saturated carbocycles. The van der Waals surface area contributed by atoms with Crippen LogP contribution in [0.3, 0.4) is 0 Å². The monoisotopic (exact) mass is 426 g/mol. The van der Waals surface area contributed by atoms with Gasteiger partial charge >= 0.3 is 0 Å². The zero-order chi connectivity index (χ0) is 21.3.